The lowest BCUT2D eigenvalue weighted by atomic mass is 10.1. The first-order valence-corrected chi connectivity index (χ1v) is 8.66. The van der Waals surface area contributed by atoms with Crippen molar-refractivity contribution >= 4 is 17.2 Å². The van der Waals surface area contributed by atoms with Crippen LogP contribution < -0.4 is 5.32 Å². The van der Waals surface area contributed by atoms with E-state index in [0.29, 0.717) is 6.42 Å². The molecule has 1 N–H and O–H groups in total. The monoisotopic (exact) mass is 337 g/mol. The topological polar surface area (TPSA) is 54.9 Å². The molecule has 1 unspecified atom stereocenters. The Balaban J connectivity index is 1.68. The van der Waals surface area contributed by atoms with E-state index >= 15 is 0 Å². The smallest absolute Gasteiger partial charge is 0.225 e. The third-order valence-corrected chi connectivity index (χ3v) is 5.02. The van der Waals surface area contributed by atoms with Crippen molar-refractivity contribution in [2.24, 2.45) is 0 Å². The van der Waals surface area contributed by atoms with Gasteiger partial charge in [0.05, 0.1) is 18.2 Å². The van der Waals surface area contributed by atoms with Crippen molar-refractivity contribution in [2.45, 2.75) is 26.3 Å². The zero-order chi connectivity index (χ0) is 16.9. The van der Waals surface area contributed by atoms with Crippen LogP contribution in [0.5, 0.6) is 0 Å². The van der Waals surface area contributed by atoms with Gasteiger partial charge in [0.15, 0.2) is 0 Å². The number of benzene rings is 1. The summed E-state index contributed by atoms with van der Waals surface area (Å²) in [5, 5.41) is 3.98. The van der Waals surface area contributed by atoms with Gasteiger partial charge in [-0.25, -0.2) is 4.98 Å². The van der Waals surface area contributed by atoms with Crippen LogP contribution in [0.15, 0.2) is 54.9 Å². The Hall–Kier alpha value is -2.53. The molecule has 24 heavy (non-hydrogen) atoms. The molecule has 4 nitrogen and oxygen atoms in total. The van der Waals surface area contributed by atoms with Gasteiger partial charge in [-0.15, -0.1) is 11.3 Å². The average Bonchev–Trinajstić information content (AvgIpc) is 2.97. The largest absolute Gasteiger partial charge is 0.349 e. The first-order chi connectivity index (χ1) is 11.6. The summed E-state index contributed by atoms with van der Waals surface area (Å²) in [5.74, 6) is 0.0133. The van der Waals surface area contributed by atoms with E-state index in [1.54, 1.807) is 23.7 Å². The van der Waals surface area contributed by atoms with Crippen molar-refractivity contribution in [1.29, 1.82) is 0 Å². The van der Waals surface area contributed by atoms with Crippen molar-refractivity contribution in [3.8, 4) is 10.6 Å². The minimum atomic E-state index is -0.00778. The molecule has 1 aromatic carbocycles. The van der Waals surface area contributed by atoms with Gasteiger partial charge in [-0.05, 0) is 31.5 Å². The summed E-state index contributed by atoms with van der Waals surface area (Å²) in [4.78, 5) is 22.0. The molecule has 122 valence electrons. The van der Waals surface area contributed by atoms with Crippen LogP contribution in [0.2, 0.25) is 0 Å². The molecule has 0 aliphatic carbocycles. The molecular weight excluding hydrogens is 318 g/mol. The van der Waals surface area contributed by atoms with Gasteiger partial charge in [0.1, 0.15) is 5.01 Å². The van der Waals surface area contributed by atoms with Crippen LogP contribution in [0.4, 0.5) is 0 Å². The summed E-state index contributed by atoms with van der Waals surface area (Å²) in [6.07, 6.45) is 3.85. The molecule has 5 heteroatoms. The molecule has 3 rings (SSSR count). The molecule has 0 fully saturated rings. The number of thiazole rings is 1. The van der Waals surface area contributed by atoms with Crippen molar-refractivity contribution in [3.05, 3.63) is 71.0 Å². The molecule has 0 saturated heterocycles. The highest BCUT2D eigenvalue weighted by molar-refractivity contribution is 7.15. The number of nitrogens with zero attached hydrogens (tertiary/aromatic N) is 2. The summed E-state index contributed by atoms with van der Waals surface area (Å²) >= 11 is 1.56. The maximum atomic E-state index is 12.4. The molecule has 0 bridgehead atoms. The molecule has 2 heterocycles. The van der Waals surface area contributed by atoms with E-state index in [4.69, 9.17) is 0 Å². The molecule has 0 aliphatic rings. The van der Waals surface area contributed by atoms with Gasteiger partial charge in [-0.1, -0.05) is 30.3 Å². The Bertz CT molecular complexity index is 815. The minimum Gasteiger partial charge on any atom is -0.349 e. The van der Waals surface area contributed by atoms with Gasteiger partial charge < -0.3 is 5.32 Å². The molecule has 2 aromatic heterocycles. The van der Waals surface area contributed by atoms with Gasteiger partial charge >= 0.3 is 0 Å². The van der Waals surface area contributed by atoms with Crippen LogP contribution in [0.25, 0.3) is 10.6 Å². The standard InChI is InChI=1S/C19H19N3OS/c1-13(15-6-4-3-5-7-15)21-18(23)12-17-14(2)22-19(24-17)16-8-10-20-11-9-16/h3-11,13H,12H2,1-2H3,(H,21,23). The minimum absolute atomic E-state index is 0.00778. The predicted octanol–water partition coefficient (Wildman–Crippen LogP) is 3.93. The number of amides is 1. The molecule has 1 amide bonds. The number of rotatable bonds is 5. The highest BCUT2D eigenvalue weighted by atomic mass is 32.1. The summed E-state index contributed by atoms with van der Waals surface area (Å²) in [5.41, 5.74) is 3.04. The molecule has 1 atom stereocenters. The lowest BCUT2D eigenvalue weighted by Gasteiger charge is -2.13. The lowest BCUT2D eigenvalue weighted by molar-refractivity contribution is -0.121. The summed E-state index contributed by atoms with van der Waals surface area (Å²) < 4.78 is 0. The van der Waals surface area contributed by atoms with Crippen LogP contribution in [-0.4, -0.2) is 15.9 Å². The van der Waals surface area contributed by atoms with Crippen molar-refractivity contribution in [1.82, 2.24) is 15.3 Å². The first kappa shape index (κ1) is 16.3. The number of carbonyl (C=O) groups excluding carboxylic acids is 1. The molecule has 0 aliphatic heterocycles. The Morgan fingerprint density at radius 2 is 1.88 bits per heavy atom. The highest BCUT2D eigenvalue weighted by Crippen LogP contribution is 2.27. The summed E-state index contributed by atoms with van der Waals surface area (Å²) in [7, 11) is 0. The van der Waals surface area contributed by atoms with E-state index in [-0.39, 0.29) is 11.9 Å². The molecule has 0 radical (unpaired) electrons. The number of hydrogen-bond acceptors (Lipinski definition) is 4. The zero-order valence-corrected chi connectivity index (χ0v) is 14.5. The molecular formula is C19H19N3OS. The highest BCUT2D eigenvalue weighted by Gasteiger charge is 2.15. The van der Waals surface area contributed by atoms with E-state index in [1.165, 1.54) is 0 Å². The van der Waals surface area contributed by atoms with Gasteiger partial charge in [0, 0.05) is 22.8 Å². The number of nitrogens with one attached hydrogen (secondary N) is 1. The van der Waals surface area contributed by atoms with Crippen LogP contribution >= 0.6 is 11.3 Å². The van der Waals surface area contributed by atoms with Crippen molar-refractivity contribution in [3.63, 3.8) is 0 Å². The Kier molecular flexibility index (Phi) is 5.01. The predicted molar refractivity (Wildman–Crippen MR) is 96.8 cm³/mol. The number of aryl methyl sites for hydroxylation is 1. The number of hydrogen-bond donors (Lipinski definition) is 1. The van der Waals surface area contributed by atoms with E-state index in [0.717, 1.165) is 26.7 Å². The quantitative estimate of drug-likeness (QED) is 0.767. The van der Waals surface area contributed by atoms with Crippen LogP contribution in [0.1, 0.15) is 29.1 Å². The third kappa shape index (κ3) is 3.86. The summed E-state index contributed by atoms with van der Waals surface area (Å²) in [6.45, 7) is 3.94. The van der Waals surface area contributed by atoms with Crippen LogP contribution in [0, 0.1) is 6.92 Å². The normalized spacial score (nSPS) is 11.9. The second-order valence-electron chi connectivity index (χ2n) is 5.64. The van der Waals surface area contributed by atoms with Gasteiger partial charge in [0.2, 0.25) is 5.91 Å². The number of pyridine rings is 1. The SMILES string of the molecule is Cc1nc(-c2ccncc2)sc1CC(=O)NC(C)c1ccccc1. The zero-order valence-electron chi connectivity index (χ0n) is 13.7. The molecule has 0 spiro atoms. The molecule has 0 saturated carbocycles. The maximum absolute atomic E-state index is 12.4. The van der Waals surface area contributed by atoms with E-state index in [9.17, 15) is 4.79 Å². The average molecular weight is 337 g/mol. The van der Waals surface area contributed by atoms with E-state index in [1.807, 2.05) is 56.3 Å². The van der Waals surface area contributed by atoms with Crippen molar-refractivity contribution in [2.75, 3.05) is 0 Å². The lowest BCUT2D eigenvalue weighted by Crippen LogP contribution is -2.28. The second-order valence-corrected chi connectivity index (χ2v) is 6.72. The Labute approximate surface area is 145 Å². The van der Waals surface area contributed by atoms with E-state index < -0.39 is 0 Å². The Morgan fingerprint density at radius 3 is 2.58 bits per heavy atom. The Morgan fingerprint density at radius 1 is 1.17 bits per heavy atom. The fourth-order valence-corrected chi connectivity index (χ4v) is 3.54. The van der Waals surface area contributed by atoms with Gasteiger partial charge in [-0.2, -0.15) is 0 Å². The van der Waals surface area contributed by atoms with Crippen molar-refractivity contribution < 1.29 is 4.79 Å². The molecule has 3 aromatic rings. The fourth-order valence-electron chi connectivity index (χ4n) is 2.47. The van der Waals surface area contributed by atoms with Gasteiger partial charge in [-0.3, -0.25) is 9.78 Å². The van der Waals surface area contributed by atoms with Crippen LogP contribution in [-0.2, 0) is 11.2 Å². The van der Waals surface area contributed by atoms with Gasteiger partial charge in [0.25, 0.3) is 0 Å². The fraction of sp³-hybridized carbons (Fsp3) is 0.211. The summed E-state index contributed by atoms with van der Waals surface area (Å²) in [6, 6.07) is 13.8. The maximum Gasteiger partial charge on any atom is 0.225 e. The third-order valence-electron chi connectivity index (χ3n) is 3.82. The number of carbonyl (C=O) groups is 1. The van der Waals surface area contributed by atoms with E-state index in [2.05, 4.69) is 15.3 Å². The van der Waals surface area contributed by atoms with Crippen LogP contribution in [0.3, 0.4) is 0 Å². The first-order valence-electron chi connectivity index (χ1n) is 7.84. The second kappa shape index (κ2) is 7.36. The number of aromatic nitrogens is 2.